The number of hydrogen-bond donors (Lipinski definition) is 2. The van der Waals surface area contributed by atoms with E-state index in [-0.39, 0.29) is 6.04 Å². The zero-order chi connectivity index (χ0) is 13.6. The summed E-state index contributed by atoms with van der Waals surface area (Å²) in [5.74, 6) is 0.436. The molecule has 3 N–H and O–H groups in total. The van der Waals surface area contributed by atoms with Gasteiger partial charge in [0.2, 0.25) is 0 Å². The third-order valence-corrected chi connectivity index (χ3v) is 4.72. The average Bonchev–Trinajstić information content (AvgIpc) is 2.29. The van der Waals surface area contributed by atoms with Crippen molar-refractivity contribution in [2.24, 2.45) is 11.7 Å². The smallest absolute Gasteiger partial charge is 0.279 e. The van der Waals surface area contributed by atoms with Crippen molar-refractivity contribution in [2.45, 2.75) is 32.2 Å². The van der Waals surface area contributed by atoms with Crippen molar-refractivity contribution < 1.29 is 13.2 Å². The lowest BCUT2D eigenvalue weighted by atomic mass is 10.0. The molecule has 6 nitrogen and oxygen atoms in total. The molecule has 2 atom stereocenters. The summed E-state index contributed by atoms with van der Waals surface area (Å²) in [5, 5.41) is 0. The lowest BCUT2D eigenvalue weighted by molar-refractivity contribution is 0.177. The number of nitrogens with zero attached hydrogens (tertiary/aromatic N) is 1. The second kappa shape index (κ2) is 7.40. The van der Waals surface area contributed by atoms with Crippen LogP contribution in [0, 0.1) is 5.92 Å². The number of piperidine rings is 1. The summed E-state index contributed by atoms with van der Waals surface area (Å²) in [5.41, 5.74) is 5.74. The van der Waals surface area contributed by atoms with Crippen molar-refractivity contribution in [3.63, 3.8) is 0 Å². The summed E-state index contributed by atoms with van der Waals surface area (Å²) in [7, 11) is -1.76. The lowest BCUT2D eigenvalue weighted by Gasteiger charge is -2.30. The summed E-state index contributed by atoms with van der Waals surface area (Å²) < 4.78 is 33.1. The summed E-state index contributed by atoms with van der Waals surface area (Å²) in [4.78, 5) is 0. The molecule has 108 valence electrons. The van der Waals surface area contributed by atoms with E-state index in [9.17, 15) is 8.42 Å². The highest BCUT2D eigenvalue weighted by Crippen LogP contribution is 2.17. The topological polar surface area (TPSA) is 84.7 Å². The summed E-state index contributed by atoms with van der Waals surface area (Å²) >= 11 is 0. The van der Waals surface area contributed by atoms with Crippen molar-refractivity contribution in [2.75, 3.05) is 33.4 Å². The molecule has 1 rings (SSSR count). The summed E-state index contributed by atoms with van der Waals surface area (Å²) in [6, 6.07) is -0.127. The quantitative estimate of drug-likeness (QED) is 0.682. The van der Waals surface area contributed by atoms with E-state index in [1.165, 1.54) is 4.31 Å². The van der Waals surface area contributed by atoms with Gasteiger partial charge in [0.25, 0.3) is 10.2 Å². The van der Waals surface area contributed by atoms with Crippen molar-refractivity contribution in [3.8, 4) is 0 Å². The van der Waals surface area contributed by atoms with Crippen LogP contribution >= 0.6 is 0 Å². The largest absolute Gasteiger partial charge is 0.383 e. The molecule has 0 aromatic carbocycles. The van der Waals surface area contributed by atoms with Crippen LogP contribution in [0.1, 0.15) is 26.2 Å². The third kappa shape index (κ3) is 5.19. The maximum absolute atomic E-state index is 12.0. The molecule has 0 spiro atoms. The Morgan fingerprint density at radius 1 is 1.56 bits per heavy atom. The predicted octanol–water partition coefficient (Wildman–Crippen LogP) is -0.0835. The highest BCUT2D eigenvalue weighted by atomic mass is 32.2. The fraction of sp³-hybridized carbons (Fsp3) is 1.00. The minimum atomic E-state index is -3.34. The molecule has 1 fully saturated rings. The number of methoxy groups -OCH3 is 1. The van der Waals surface area contributed by atoms with Crippen LogP contribution in [0.2, 0.25) is 0 Å². The SMILES string of the molecule is COCC(N)CCNS(=O)(=O)N1CCCC(C)C1. The van der Waals surface area contributed by atoms with E-state index in [2.05, 4.69) is 11.6 Å². The van der Waals surface area contributed by atoms with Gasteiger partial charge in [0.15, 0.2) is 0 Å². The van der Waals surface area contributed by atoms with Gasteiger partial charge in [-0.1, -0.05) is 6.92 Å². The van der Waals surface area contributed by atoms with E-state index in [0.717, 1.165) is 12.8 Å². The molecule has 0 aromatic heterocycles. The number of rotatable bonds is 7. The Morgan fingerprint density at radius 2 is 2.28 bits per heavy atom. The third-order valence-electron chi connectivity index (χ3n) is 3.14. The summed E-state index contributed by atoms with van der Waals surface area (Å²) in [6.45, 7) is 4.11. The van der Waals surface area contributed by atoms with Crippen LogP contribution < -0.4 is 10.5 Å². The van der Waals surface area contributed by atoms with Crippen LogP contribution in [-0.2, 0) is 14.9 Å². The van der Waals surface area contributed by atoms with E-state index in [1.54, 1.807) is 7.11 Å². The molecule has 0 radical (unpaired) electrons. The van der Waals surface area contributed by atoms with Gasteiger partial charge in [0.1, 0.15) is 0 Å². The molecule has 2 unspecified atom stereocenters. The monoisotopic (exact) mass is 279 g/mol. The molecule has 0 amide bonds. The van der Waals surface area contributed by atoms with Crippen LogP contribution in [0.15, 0.2) is 0 Å². The van der Waals surface area contributed by atoms with Gasteiger partial charge in [0, 0.05) is 32.8 Å². The van der Waals surface area contributed by atoms with Gasteiger partial charge >= 0.3 is 0 Å². The molecule has 0 aliphatic carbocycles. The molecule has 1 aliphatic rings. The number of nitrogens with one attached hydrogen (secondary N) is 1. The zero-order valence-electron chi connectivity index (χ0n) is 11.3. The average molecular weight is 279 g/mol. The van der Waals surface area contributed by atoms with Crippen LogP contribution in [0.5, 0.6) is 0 Å². The molecule has 0 aromatic rings. The highest BCUT2D eigenvalue weighted by molar-refractivity contribution is 7.87. The Bertz CT molecular complexity index is 334. The van der Waals surface area contributed by atoms with Gasteiger partial charge in [0.05, 0.1) is 6.61 Å². The van der Waals surface area contributed by atoms with Crippen molar-refractivity contribution in [3.05, 3.63) is 0 Å². The van der Waals surface area contributed by atoms with Crippen molar-refractivity contribution in [1.82, 2.24) is 9.03 Å². The normalized spacial score (nSPS) is 24.1. The minimum Gasteiger partial charge on any atom is -0.383 e. The van der Waals surface area contributed by atoms with E-state index in [0.29, 0.717) is 38.6 Å². The maximum Gasteiger partial charge on any atom is 0.279 e. The molecule has 1 aliphatic heterocycles. The van der Waals surface area contributed by atoms with Crippen molar-refractivity contribution in [1.29, 1.82) is 0 Å². The molecule has 7 heteroatoms. The van der Waals surface area contributed by atoms with Crippen LogP contribution in [0.4, 0.5) is 0 Å². The van der Waals surface area contributed by atoms with E-state index in [1.807, 2.05) is 0 Å². The first-order valence-electron chi connectivity index (χ1n) is 6.45. The first-order chi connectivity index (χ1) is 8.45. The zero-order valence-corrected chi connectivity index (χ0v) is 12.1. The second-order valence-corrected chi connectivity index (χ2v) is 6.76. The number of hydrogen-bond acceptors (Lipinski definition) is 4. The summed E-state index contributed by atoms with van der Waals surface area (Å²) in [6.07, 6.45) is 2.62. The number of nitrogens with two attached hydrogens (primary N) is 1. The molecule has 1 saturated heterocycles. The second-order valence-electron chi connectivity index (χ2n) is 5.01. The Labute approximate surface area is 110 Å². The molecule has 1 heterocycles. The van der Waals surface area contributed by atoms with Gasteiger partial charge < -0.3 is 10.5 Å². The maximum atomic E-state index is 12.0. The Kier molecular flexibility index (Phi) is 6.51. The molecule has 0 saturated carbocycles. The number of ether oxygens (including phenoxy) is 1. The van der Waals surface area contributed by atoms with Crippen LogP contribution in [0.3, 0.4) is 0 Å². The van der Waals surface area contributed by atoms with E-state index < -0.39 is 10.2 Å². The molecular formula is C11H25N3O3S. The predicted molar refractivity (Wildman–Crippen MR) is 71.4 cm³/mol. The van der Waals surface area contributed by atoms with Gasteiger partial charge in [-0.25, -0.2) is 4.72 Å². The molecule has 18 heavy (non-hydrogen) atoms. The van der Waals surface area contributed by atoms with Gasteiger partial charge in [-0.15, -0.1) is 0 Å². The molecule has 0 bridgehead atoms. The Morgan fingerprint density at radius 3 is 2.89 bits per heavy atom. The van der Waals surface area contributed by atoms with Crippen LogP contribution in [-0.4, -0.2) is 52.1 Å². The van der Waals surface area contributed by atoms with E-state index in [4.69, 9.17) is 10.5 Å². The van der Waals surface area contributed by atoms with Crippen LogP contribution in [0.25, 0.3) is 0 Å². The standard InChI is InChI=1S/C11H25N3O3S/c1-10-4-3-7-14(8-10)18(15,16)13-6-5-11(12)9-17-2/h10-11,13H,3-9,12H2,1-2H3. The minimum absolute atomic E-state index is 0.127. The van der Waals surface area contributed by atoms with Gasteiger partial charge in [-0.05, 0) is 25.2 Å². The first kappa shape index (κ1) is 15.8. The van der Waals surface area contributed by atoms with E-state index >= 15 is 0 Å². The van der Waals surface area contributed by atoms with Gasteiger partial charge in [-0.3, -0.25) is 0 Å². The first-order valence-corrected chi connectivity index (χ1v) is 7.89. The fourth-order valence-corrected chi connectivity index (χ4v) is 3.51. The highest BCUT2D eigenvalue weighted by Gasteiger charge is 2.26. The lowest BCUT2D eigenvalue weighted by Crippen LogP contribution is -2.46. The van der Waals surface area contributed by atoms with Gasteiger partial charge in [-0.2, -0.15) is 12.7 Å². The fourth-order valence-electron chi connectivity index (χ4n) is 2.13. The molecular weight excluding hydrogens is 254 g/mol. The Balaban J connectivity index is 2.35. The Hall–Kier alpha value is -0.210. The van der Waals surface area contributed by atoms with Crippen molar-refractivity contribution >= 4 is 10.2 Å².